The minimum atomic E-state index is -3.42. The monoisotopic (exact) mass is 431 g/mol. The molecule has 1 aromatic heterocycles. The third-order valence-corrected chi connectivity index (χ3v) is 6.66. The van der Waals surface area contributed by atoms with Crippen molar-refractivity contribution in [3.8, 4) is 0 Å². The number of hydrogen-bond acceptors (Lipinski definition) is 7. The quantitative estimate of drug-likeness (QED) is 0.674. The zero-order chi connectivity index (χ0) is 20.4. The maximum absolute atomic E-state index is 12.4. The van der Waals surface area contributed by atoms with Gasteiger partial charge >= 0.3 is 0 Å². The Kier molecular flexibility index (Phi) is 5.24. The van der Waals surface area contributed by atoms with Crippen LogP contribution in [0.2, 0.25) is 0 Å². The molecule has 9 nitrogen and oxygen atoms in total. The van der Waals surface area contributed by atoms with Crippen LogP contribution in [0.25, 0.3) is 0 Å². The molecule has 3 heterocycles. The Morgan fingerprint density at radius 1 is 1.10 bits per heavy atom. The number of anilines is 1. The molecule has 29 heavy (non-hydrogen) atoms. The van der Waals surface area contributed by atoms with Gasteiger partial charge in [0.15, 0.2) is 5.17 Å². The van der Waals surface area contributed by atoms with E-state index >= 15 is 0 Å². The molecule has 0 radical (unpaired) electrons. The molecule has 0 spiro atoms. The third kappa shape index (κ3) is 4.25. The molecule has 0 bridgehead atoms. The summed E-state index contributed by atoms with van der Waals surface area (Å²) in [6, 6.07) is 8.54. The molecule has 2 aliphatic heterocycles. The Labute approximate surface area is 171 Å². The van der Waals surface area contributed by atoms with Crippen molar-refractivity contribution in [2.45, 2.75) is 4.90 Å². The van der Waals surface area contributed by atoms with Crippen molar-refractivity contribution in [3.63, 3.8) is 0 Å². The lowest BCUT2D eigenvalue weighted by molar-refractivity contribution is 0.0927. The predicted octanol–water partition coefficient (Wildman–Crippen LogP) is 0.853. The van der Waals surface area contributed by atoms with Gasteiger partial charge in [0.05, 0.1) is 17.0 Å². The molecule has 0 saturated heterocycles. The number of carbonyl (C=O) groups is 2. The van der Waals surface area contributed by atoms with Gasteiger partial charge in [0.25, 0.3) is 21.8 Å². The van der Waals surface area contributed by atoms with E-state index in [-0.39, 0.29) is 30.7 Å². The SMILES string of the molecule is O=C(NCCNC(=O)c1ccc2c(c1)SC1=NS(=O)(=O)CCN12)c1cccnc1. The fourth-order valence-electron chi connectivity index (χ4n) is 2.93. The Morgan fingerprint density at radius 3 is 2.59 bits per heavy atom. The van der Waals surface area contributed by atoms with Crippen LogP contribution in [-0.4, -0.2) is 55.8 Å². The number of nitrogens with one attached hydrogen (secondary N) is 2. The summed E-state index contributed by atoms with van der Waals surface area (Å²) in [6.45, 7) is 0.900. The van der Waals surface area contributed by atoms with Gasteiger partial charge in [-0.15, -0.1) is 4.40 Å². The summed E-state index contributed by atoms with van der Waals surface area (Å²) in [5.41, 5.74) is 1.76. The number of pyridine rings is 1. The van der Waals surface area contributed by atoms with Crippen molar-refractivity contribution < 1.29 is 18.0 Å². The first-order valence-electron chi connectivity index (χ1n) is 8.81. The second kappa shape index (κ2) is 7.84. The standard InChI is InChI=1S/C18H17N5O4S2/c24-16(20-6-7-21-17(25)13-2-1-5-19-11-13)12-3-4-14-15(10-12)28-18-22-29(26,27)9-8-23(14)18/h1-5,10-11H,6-9H2,(H,20,24)(H,21,25). The number of thioether (sulfide) groups is 1. The van der Waals surface area contributed by atoms with Gasteiger partial charge in [-0.25, -0.2) is 8.42 Å². The van der Waals surface area contributed by atoms with E-state index in [1.54, 1.807) is 36.5 Å². The number of rotatable bonds is 5. The first-order chi connectivity index (χ1) is 13.9. The summed E-state index contributed by atoms with van der Waals surface area (Å²) in [6.07, 6.45) is 3.06. The van der Waals surface area contributed by atoms with E-state index in [1.807, 2.05) is 4.90 Å². The molecule has 0 unspecified atom stereocenters. The number of benzene rings is 1. The number of hydrogen-bond donors (Lipinski definition) is 2. The highest BCUT2D eigenvalue weighted by Crippen LogP contribution is 2.42. The number of amidine groups is 1. The molecule has 2 N–H and O–H groups in total. The summed E-state index contributed by atoms with van der Waals surface area (Å²) >= 11 is 1.24. The van der Waals surface area contributed by atoms with Crippen LogP contribution in [0.3, 0.4) is 0 Å². The zero-order valence-electron chi connectivity index (χ0n) is 15.2. The van der Waals surface area contributed by atoms with Crippen molar-refractivity contribution in [1.82, 2.24) is 15.6 Å². The smallest absolute Gasteiger partial charge is 0.257 e. The molecule has 150 valence electrons. The average molecular weight is 431 g/mol. The molecule has 0 atom stereocenters. The molecule has 2 aromatic rings. The summed E-state index contributed by atoms with van der Waals surface area (Å²) in [5, 5.41) is 5.88. The molecule has 4 rings (SSSR count). The van der Waals surface area contributed by atoms with Gasteiger partial charge in [-0.05, 0) is 42.1 Å². The van der Waals surface area contributed by atoms with Crippen molar-refractivity contribution in [2.24, 2.45) is 4.40 Å². The number of fused-ring (bicyclic) bond motifs is 3. The van der Waals surface area contributed by atoms with E-state index in [9.17, 15) is 18.0 Å². The highest BCUT2D eigenvalue weighted by molar-refractivity contribution is 8.15. The molecular weight excluding hydrogens is 414 g/mol. The zero-order valence-corrected chi connectivity index (χ0v) is 16.8. The minimum Gasteiger partial charge on any atom is -0.350 e. The molecule has 0 aliphatic carbocycles. The van der Waals surface area contributed by atoms with Gasteiger partial charge in [-0.1, -0.05) is 0 Å². The van der Waals surface area contributed by atoms with E-state index in [0.29, 0.717) is 22.8 Å². The van der Waals surface area contributed by atoms with Gasteiger partial charge in [-0.2, -0.15) is 0 Å². The van der Waals surface area contributed by atoms with E-state index in [4.69, 9.17) is 0 Å². The number of amides is 2. The van der Waals surface area contributed by atoms with Crippen LogP contribution in [0.15, 0.2) is 52.0 Å². The summed E-state index contributed by atoms with van der Waals surface area (Å²) in [7, 11) is -3.42. The normalized spacial score (nSPS) is 16.4. The Hall–Kier alpha value is -2.92. The van der Waals surface area contributed by atoms with Gasteiger partial charge in [0.1, 0.15) is 0 Å². The number of carbonyl (C=O) groups excluding carboxylic acids is 2. The van der Waals surface area contributed by atoms with Crippen LogP contribution in [0.4, 0.5) is 5.69 Å². The fraction of sp³-hybridized carbons (Fsp3) is 0.222. The first-order valence-corrected chi connectivity index (χ1v) is 11.2. The molecular formula is C18H17N5O4S2. The summed E-state index contributed by atoms with van der Waals surface area (Å²) < 4.78 is 27.2. The maximum atomic E-state index is 12.4. The summed E-state index contributed by atoms with van der Waals surface area (Å²) in [5.74, 6) is -0.555. The molecule has 0 fully saturated rings. The van der Waals surface area contributed by atoms with Crippen LogP contribution in [0.1, 0.15) is 20.7 Å². The van der Waals surface area contributed by atoms with Crippen molar-refractivity contribution in [1.29, 1.82) is 0 Å². The average Bonchev–Trinajstić information content (AvgIpc) is 3.06. The van der Waals surface area contributed by atoms with E-state index < -0.39 is 10.0 Å². The van der Waals surface area contributed by atoms with Crippen LogP contribution in [0, 0.1) is 0 Å². The minimum absolute atomic E-state index is 0.0243. The van der Waals surface area contributed by atoms with Crippen molar-refractivity contribution >= 4 is 44.5 Å². The lowest BCUT2D eigenvalue weighted by Gasteiger charge is -2.22. The number of sulfonamides is 1. The maximum Gasteiger partial charge on any atom is 0.257 e. The van der Waals surface area contributed by atoms with Gasteiger partial charge in [-0.3, -0.25) is 14.6 Å². The molecule has 11 heteroatoms. The third-order valence-electron chi connectivity index (χ3n) is 4.35. The second-order valence-electron chi connectivity index (χ2n) is 6.35. The van der Waals surface area contributed by atoms with Crippen molar-refractivity contribution in [3.05, 3.63) is 53.9 Å². The predicted molar refractivity (Wildman–Crippen MR) is 110 cm³/mol. The molecule has 2 aliphatic rings. The van der Waals surface area contributed by atoms with E-state index in [0.717, 1.165) is 10.6 Å². The van der Waals surface area contributed by atoms with Crippen molar-refractivity contribution in [2.75, 3.05) is 30.3 Å². The number of nitrogens with zero attached hydrogens (tertiary/aromatic N) is 3. The molecule has 0 saturated carbocycles. The van der Waals surface area contributed by atoms with Gasteiger partial charge in [0.2, 0.25) is 0 Å². The Balaban J connectivity index is 1.34. The van der Waals surface area contributed by atoms with Crippen LogP contribution in [-0.2, 0) is 10.0 Å². The van der Waals surface area contributed by atoms with E-state index in [2.05, 4.69) is 20.0 Å². The Bertz CT molecular complexity index is 1100. The second-order valence-corrected chi connectivity index (χ2v) is 9.11. The van der Waals surface area contributed by atoms with Crippen LogP contribution < -0.4 is 15.5 Å². The molecule has 2 amide bonds. The van der Waals surface area contributed by atoms with Gasteiger partial charge < -0.3 is 15.5 Å². The summed E-state index contributed by atoms with van der Waals surface area (Å²) in [4.78, 5) is 30.8. The largest absolute Gasteiger partial charge is 0.350 e. The highest BCUT2D eigenvalue weighted by Gasteiger charge is 2.33. The first kappa shape index (κ1) is 19.4. The van der Waals surface area contributed by atoms with Gasteiger partial charge in [0, 0.05) is 42.5 Å². The van der Waals surface area contributed by atoms with Crippen LogP contribution >= 0.6 is 11.8 Å². The fourth-order valence-corrected chi connectivity index (χ4v) is 5.22. The lowest BCUT2D eigenvalue weighted by atomic mass is 10.2. The van der Waals surface area contributed by atoms with Crippen LogP contribution in [0.5, 0.6) is 0 Å². The molecule has 1 aromatic carbocycles. The Morgan fingerprint density at radius 2 is 1.86 bits per heavy atom. The highest BCUT2D eigenvalue weighted by atomic mass is 32.2. The number of aromatic nitrogens is 1. The lowest BCUT2D eigenvalue weighted by Crippen LogP contribution is -2.35. The topological polar surface area (TPSA) is 121 Å². The van der Waals surface area contributed by atoms with E-state index in [1.165, 1.54) is 18.0 Å².